The van der Waals surface area contributed by atoms with Crippen molar-refractivity contribution in [1.82, 2.24) is 15.1 Å². The first-order chi connectivity index (χ1) is 19.4. The van der Waals surface area contributed by atoms with E-state index in [4.69, 9.17) is 14.6 Å². The number of fused-ring (bicyclic) bond motifs is 1. The van der Waals surface area contributed by atoms with Crippen molar-refractivity contribution in [3.8, 4) is 22.8 Å². The fourth-order valence-electron chi connectivity index (χ4n) is 4.79. The van der Waals surface area contributed by atoms with Crippen LogP contribution < -0.4 is 19.7 Å². The van der Waals surface area contributed by atoms with E-state index in [1.165, 1.54) is 28.8 Å². The average Bonchev–Trinajstić information content (AvgIpc) is 3.24. The monoisotopic (exact) mass is 560 g/mol. The Labute approximate surface area is 236 Å². The number of thioether (sulfide) groups is 1. The zero-order chi connectivity index (χ0) is 28.2. The number of carbonyl (C=O) groups excluding carboxylic acids is 2. The van der Waals surface area contributed by atoms with E-state index in [0.29, 0.717) is 23.0 Å². The van der Waals surface area contributed by atoms with E-state index in [2.05, 4.69) is 5.32 Å². The number of aromatic nitrogens is 2. The number of nitrogens with zero attached hydrogens (tertiary/aromatic N) is 3. The Kier molecular flexibility index (Phi) is 8.06. The molecule has 1 atom stereocenters. The van der Waals surface area contributed by atoms with Crippen LogP contribution in [0.25, 0.3) is 11.3 Å². The van der Waals surface area contributed by atoms with Gasteiger partial charge in [0.1, 0.15) is 29.7 Å². The highest BCUT2D eigenvalue weighted by Crippen LogP contribution is 2.50. The molecule has 1 aliphatic heterocycles. The number of carbonyl (C=O) groups is 2. The lowest BCUT2D eigenvalue weighted by molar-refractivity contribution is -0.123. The molecule has 1 N–H and O–H groups in total. The molecular weight excluding hydrogens is 531 g/mol. The van der Waals surface area contributed by atoms with Crippen LogP contribution in [0.1, 0.15) is 21.9 Å². The summed E-state index contributed by atoms with van der Waals surface area (Å²) in [6.45, 7) is 0.0242. The van der Waals surface area contributed by atoms with Gasteiger partial charge in [-0.15, -0.1) is 11.8 Å². The molecule has 1 aliphatic rings. The third-order valence-corrected chi connectivity index (χ3v) is 7.95. The van der Waals surface area contributed by atoms with Crippen LogP contribution in [0, 0.1) is 5.82 Å². The summed E-state index contributed by atoms with van der Waals surface area (Å²) in [6, 6.07) is 21.3. The number of anilines is 1. The molecule has 2 amide bonds. The molecule has 0 spiro atoms. The number of benzene rings is 3. The molecule has 3 aromatic carbocycles. The minimum Gasteiger partial charge on any atom is -0.497 e. The molecule has 40 heavy (non-hydrogen) atoms. The van der Waals surface area contributed by atoms with Gasteiger partial charge in [0.15, 0.2) is 0 Å². The summed E-state index contributed by atoms with van der Waals surface area (Å²) >= 11 is 1.45. The molecule has 5 rings (SSSR count). The van der Waals surface area contributed by atoms with Crippen LogP contribution in [0.4, 0.5) is 10.2 Å². The number of hydrogen-bond donors (Lipinski definition) is 1. The lowest BCUT2D eigenvalue weighted by Gasteiger charge is -2.23. The summed E-state index contributed by atoms with van der Waals surface area (Å²) in [7, 11) is 4.99. The van der Waals surface area contributed by atoms with Gasteiger partial charge in [-0.25, -0.2) is 4.39 Å². The fraction of sp³-hybridized carbons (Fsp3) is 0.233. The number of ether oxygens (including phenoxy) is 2. The highest BCUT2D eigenvalue weighted by atomic mass is 32.2. The Balaban J connectivity index is 1.57. The van der Waals surface area contributed by atoms with Crippen LogP contribution in [-0.2, 0) is 23.2 Å². The van der Waals surface area contributed by atoms with Gasteiger partial charge < -0.3 is 14.8 Å². The van der Waals surface area contributed by atoms with Gasteiger partial charge in [-0.05, 0) is 35.9 Å². The molecule has 10 heteroatoms. The van der Waals surface area contributed by atoms with Crippen LogP contribution in [0.3, 0.4) is 0 Å². The second kappa shape index (κ2) is 11.8. The van der Waals surface area contributed by atoms with Gasteiger partial charge in [-0.2, -0.15) is 5.10 Å². The van der Waals surface area contributed by atoms with E-state index in [1.807, 2.05) is 48.5 Å². The molecule has 2 heterocycles. The normalized spacial score (nSPS) is 14.8. The maximum atomic E-state index is 13.6. The summed E-state index contributed by atoms with van der Waals surface area (Å²) in [4.78, 5) is 28.1. The molecule has 206 valence electrons. The molecule has 0 aliphatic carbocycles. The Hall–Kier alpha value is -4.31. The molecular formula is C30H29FN4O4S. The predicted octanol–water partition coefficient (Wildman–Crippen LogP) is 4.73. The van der Waals surface area contributed by atoms with Crippen LogP contribution in [0.15, 0.2) is 72.8 Å². The molecule has 8 nitrogen and oxygen atoms in total. The predicted molar refractivity (Wildman–Crippen MR) is 153 cm³/mol. The highest BCUT2D eigenvalue weighted by molar-refractivity contribution is 8.00. The highest BCUT2D eigenvalue weighted by Gasteiger charge is 2.37. The van der Waals surface area contributed by atoms with Crippen molar-refractivity contribution in [3.05, 3.63) is 95.3 Å². The quantitative estimate of drug-likeness (QED) is 0.336. The van der Waals surface area contributed by atoms with Crippen molar-refractivity contribution < 1.29 is 23.5 Å². The molecule has 0 saturated heterocycles. The van der Waals surface area contributed by atoms with Crippen molar-refractivity contribution >= 4 is 29.4 Å². The van der Waals surface area contributed by atoms with Gasteiger partial charge in [-0.1, -0.05) is 42.5 Å². The minimum absolute atomic E-state index is 0.138. The maximum Gasteiger partial charge on any atom is 0.240 e. The Morgan fingerprint density at radius 1 is 1.07 bits per heavy atom. The number of halogens is 1. The number of hydrogen-bond acceptors (Lipinski definition) is 6. The molecule has 0 bridgehead atoms. The molecule has 1 unspecified atom stereocenters. The van der Waals surface area contributed by atoms with Crippen LogP contribution in [-0.4, -0.2) is 48.1 Å². The van der Waals surface area contributed by atoms with E-state index >= 15 is 0 Å². The van der Waals surface area contributed by atoms with Gasteiger partial charge in [0.05, 0.1) is 30.9 Å². The number of rotatable bonds is 8. The summed E-state index contributed by atoms with van der Waals surface area (Å²) < 4.78 is 26.2. The largest absolute Gasteiger partial charge is 0.497 e. The van der Waals surface area contributed by atoms with Crippen molar-refractivity contribution in [2.24, 2.45) is 7.05 Å². The minimum atomic E-state index is -0.345. The summed E-state index contributed by atoms with van der Waals surface area (Å²) in [5.74, 6) is 1.10. The van der Waals surface area contributed by atoms with E-state index in [0.717, 1.165) is 22.3 Å². The van der Waals surface area contributed by atoms with Crippen molar-refractivity contribution in [1.29, 1.82) is 0 Å². The Morgan fingerprint density at radius 2 is 1.82 bits per heavy atom. The standard InChI is InChI=1S/C30H29FN4O4S/c1-34-30-27(28(33-34)20-7-5-4-6-8-20)29(23-15-22(38-2)13-14-24(23)39-3)40-18-26(37)35(30)17-25(36)32-16-19-9-11-21(31)12-10-19/h4-15,29H,16-18H2,1-3H3,(H,32,36). The van der Waals surface area contributed by atoms with Crippen LogP contribution >= 0.6 is 11.8 Å². The molecule has 0 fully saturated rings. The third kappa shape index (κ3) is 5.53. The topological polar surface area (TPSA) is 85.7 Å². The third-order valence-electron chi connectivity index (χ3n) is 6.72. The Morgan fingerprint density at radius 3 is 2.52 bits per heavy atom. The lowest BCUT2D eigenvalue weighted by Crippen LogP contribution is -2.42. The summed E-state index contributed by atoms with van der Waals surface area (Å²) in [5.41, 5.74) is 4.01. The zero-order valence-corrected chi connectivity index (χ0v) is 23.2. The van der Waals surface area contributed by atoms with Gasteiger partial charge in [0.25, 0.3) is 0 Å². The van der Waals surface area contributed by atoms with E-state index in [1.54, 1.807) is 38.1 Å². The van der Waals surface area contributed by atoms with E-state index in [9.17, 15) is 14.0 Å². The zero-order valence-electron chi connectivity index (χ0n) is 22.4. The molecule has 0 saturated carbocycles. The smallest absolute Gasteiger partial charge is 0.240 e. The first-order valence-electron chi connectivity index (χ1n) is 12.7. The van der Waals surface area contributed by atoms with E-state index in [-0.39, 0.29) is 41.7 Å². The molecule has 0 radical (unpaired) electrons. The van der Waals surface area contributed by atoms with Gasteiger partial charge >= 0.3 is 0 Å². The maximum absolute atomic E-state index is 13.6. The average molecular weight is 561 g/mol. The van der Waals surface area contributed by atoms with Crippen LogP contribution in [0.5, 0.6) is 11.5 Å². The fourth-order valence-corrected chi connectivity index (χ4v) is 6.00. The van der Waals surface area contributed by atoms with Gasteiger partial charge in [0.2, 0.25) is 11.8 Å². The molecule has 1 aromatic heterocycles. The number of nitrogens with one attached hydrogen (secondary N) is 1. The van der Waals surface area contributed by atoms with E-state index < -0.39 is 0 Å². The summed E-state index contributed by atoms with van der Waals surface area (Å²) in [5, 5.41) is 7.35. The number of amides is 2. The van der Waals surface area contributed by atoms with Crippen molar-refractivity contribution in [2.75, 3.05) is 31.4 Å². The van der Waals surface area contributed by atoms with Crippen molar-refractivity contribution in [2.45, 2.75) is 11.8 Å². The molecule has 4 aromatic rings. The Bertz CT molecular complexity index is 1520. The first-order valence-corrected chi connectivity index (χ1v) is 13.7. The number of aryl methyl sites for hydroxylation is 1. The second-order valence-electron chi connectivity index (χ2n) is 9.26. The first kappa shape index (κ1) is 27.3. The van der Waals surface area contributed by atoms with Gasteiger partial charge in [-0.3, -0.25) is 19.2 Å². The van der Waals surface area contributed by atoms with Crippen molar-refractivity contribution in [3.63, 3.8) is 0 Å². The SMILES string of the molecule is COc1ccc(OC)c(C2SCC(=O)N(CC(=O)NCc3ccc(F)cc3)c3c2c(-c2ccccc2)nn3C)c1. The summed E-state index contributed by atoms with van der Waals surface area (Å²) in [6.07, 6.45) is 0. The second-order valence-corrected chi connectivity index (χ2v) is 10.4. The lowest BCUT2D eigenvalue weighted by atomic mass is 9.98. The number of methoxy groups -OCH3 is 2. The van der Waals surface area contributed by atoms with Gasteiger partial charge in [0, 0.05) is 30.3 Å². The van der Waals surface area contributed by atoms with Crippen LogP contribution in [0.2, 0.25) is 0 Å².